The molecule has 0 radical (unpaired) electrons. The van der Waals surface area contributed by atoms with Crippen molar-refractivity contribution in [2.75, 3.05) is 17.6 Å². The molecule has 0 saturated heterocycles. The maximum absolute atomic E-state index is 12.0. The molecular formula is C18H18Cl2N2O2S. The predicted octanol–water partition coefficient (Wildman–Crippen LogP) is 4.40. The Kier molecular flexibility index (Phi) is 7.62. The van der Waals surface area contributed by atoms with Crippen LogP contribution >= 0.6 is 35.0 Å². The summed E-state index contributed by atoms with van der Waals surface area (Å²) in [6, 6.07) is 12.7. The maximum Gasteiger partial charge on any atom is 0.243 e. The third kappa shape index (κ3) is 6.27. The Morgan fingerprint density at radius 3 is 2.60 bits per heavy atom. The lowest BCUT2D eigenvalue weighted by Crippen LogP contribution is -2.34. The van der Waals surface area contributed by atoms with Gasteiger partial charge in [-0.3, -0.25) is 9.59 Å². The largest absolute Gasteiger partial charge is 0.346 e. The highest BCUT2D eigenvalue weighted by Gasteiger charge is 2.10. The summed E-state index contributed by atoms with van der Waals surface area (Å²) in [5.74, 6) is -0.362. The quantitative estimate of drug-likeness (QED) is 0.681. The summed E-state index contributed by atoms with van der Waals surface area (Å²) in [6.45, 7) is 1.94. The highest BCUT2D eigenvalue weighted by atomic mass is 35.5. The fourth-order valence-electron chi connectivity index (χ4n) is 2.11. The highest BCUT2D eigenvalue weighted by Crippen LogP contribution is 2.29. The van der Waals surface area contributed by atoms with E-state index in [0.717, 1.165) is 22.6 Å². The van der Waals surface area contributed by atoms with Crippen molar-refractivity contribution in [2.24, 2.45) is 0 Å². The van der Waals surface area contributed by atoms with Crippen molar-refractivity contribution in [3.63, 3.8) is 0 Å². The number of hydrogen-bond donors (Lipinski definition) is 2. The van der Waals surface area contributed by atoms with Gasteiger partial charge in [0.05, 0.1) is 17.3 Å². The molecule has 0 aliphatic heterocycles. The summed E-state index contributed by atoms with van der Waals surface area (Å²) < 4.78 is 0. The van der Waals surface area contributed by atoms with Gasteiger partial charge in [-0.25, -0.2) is 0 Å². The first-order valence-electron chi connectivity index (χ1n) is 7.72. The van der Waals surface area contributed by atoms with Gasteiger partial charge in [0.25, 0.3) is 0 Å². The third-order valence-electron chi connectivity index (χ3n) is 3.37. The third-order valence-corrected chi connectivity index (χ3v) is 5.10. The van der Waals surface area contributed by atoms with E-state index in [2.05, 4.69) is 10.6 Å². The smallest absolute Gasteiger partial charge is 0.243 e. The summed E-state index contributed by atoms with van der Waals surface area (Å²) in [6.07, 6.45) is 0.819. The van der Waals surface area contributed by atoms with Crippen LogP contribution in [0.4, 0.5) is 5.69 Å². The summed E-state index contributed by atoms with van der Waals surface area (Å²) in [5, 5.41) is 6.50. The maximum atomic E-state index is 12.0. The molecule has 2 aromatic rings. The molecule has 0 aromatic heterocycles. The Hall–Kier alpha value is -1.69. The zero-order chi connectivity index (χ0) is 18.2. The number of benzene rings is 2. The first-order chi connectivity index (χ1) is 12.0. The van der Waals surface area contributed by atoms with Crippen LogP contribution in [0.1, 0.15) is 12.5 Å². The summed E-state index contributed by atoms with van der Waals surface area (Å²) in [4.78, 5) is 24.6. The fraction of sp³-hybridized carbons (Fsp3) is 0.222. The van der Waals surface area contributed by atoms with Crippen molar-refractivity contribution in [2.45, 2.75) is 18.2 Å². The van der Waals surface area contributed by atoms with Gasteiger partial charge in [0.15, 0.2) is 0 Å². The minimum atomic E-state index is -0.264. The number of thioether (sulfide) groups is 1. The molecule has 0 saturated carbocycles. The Morgan fingerprint density at radius 1 is 1.08 bits per heavy atom. The summed E-state index contributed by atoms with van der Waals surface area (Å²) in [7, 11) is 0. The van der Waals surface area contributed by atoms with Crippen LogP contribution in [0.3, 0.4) is 0 Å². The van der Waals surface area contributed by atoms with Crippen molar-refractivity contribution >= 4 is 52.5 Å². The molecule has 25 heavy (non-hydrogen) atoms. The number of amides is 2. The number of hydrogen-bond acceptors (Lipinski definition) is 3. The van der Waals surface area contributed by atoms with Crippen LogP contribution in [0.15, 0.2) is 47.4 Å². The molecule has 2 rings (SSSR count). The number of anilines is 1. The normalized spacial score (nSPS) is 10.4. The van der Waals surface area contributed by atoms with Crippen molar-refractivity contribution in [1.82, 2.24) is 5.32 Å². The fourth-order valence-corrected chi connectivity index (χ4v) is 3.43. The van der Waals surface area contributed by atoms with Crippen LogP contribution < -0.4 is 10.6 Å². The van der Waals surface area contributed by atoms with Gasteiger partial charge in [-0.2, -0.15) is 0 Å². The Bertz CT molecular complexity index is 768. The van der Waals surface area contributed by atoms with Crippen molar-refractivity contribution in [3.05, 3.63) is 58.1 Å². The number of aryl methyl sites for hydroxylation is 1. The van der Waals surface area contributed by atoms with Crippen LogP contribution in [0.5, 0.6) is 0 Å². The second-order valence-corrected chi connectivity index (χ2v) is 7.06. The van der Waals surface area contributed by atoms with Gasteiger partial charge in [-0.05, 0) is 36.2 Å². The molecular weight excluding hydrogens is 379 g/mol. The van der Waals surface area contributed by atoms with Crippen molar-refractivity contribution in [3.8, 4) is 0 Å². The lowest BCUT2D eigenvalue weighted by molar-refractivity contribution is -0.122. The van der Waals surface area contributed by atoms with Crippen LogP contribution in [0.2, 0.25) is 10.0 Å². The molecule has 0 aliphatic carbocycles. The van der Waals surface area contributed by atoms with E-state index in [0.29, 0.717) is 10.0 Å². The van der Waals surface area contributed by atoms with Crippen LogP contribution in [-0.2, 0) is 16.0 Å². The molecule has 0 heterocycles. The minimum absolute atomic E-state index is 0.0826. The van der Waals surface area contributed by atoms with Crippen LogP contribution in [-0.4, -0.2) is 24.1 Å². The molecule has 2 N–H and O–H groups in total. The van der Waals surface area contributed by atoms with E-state index in [1.165, 1.54) is 11.8 Å². The van der Waals surface area contributed by atoms with Gasteiger partial charge in [0, 0.05) is 15.6 Å². The van der Waals surface area contributed by atoms with Gasteiger partial charge < -0.3 is 10.6 Å². The molecule has 0 fully saturated rings. The molecule has 0 spiro atoms. The topological polar surface area (TPSA) is 58.2 Å². The van der Waals surface area contributed by atoms with E-state index >= 15 is 0 Å². The average Bonchev–Trinajstić information content (AvgIpc) is 2.61. The predicted molar refractivity (Wildman–Crippen MR) is 105 cm³/mol. The first kappa shape index (κ1) is 19.6. The second kappa shape index (κ2) is 9.70. The van der Waals surface area contributed by atoms with E-state index in [1.54, 1.807) is 18.2 Å². The van der Waals surface area contributed by atoms with Gasteiger partial charge in [0.1, 0.15) is 0 Å². The number of carbonyl (C=O) groups is 2. The molecule has 2 aromatic carbocycles. The molecule has 0 aliphatic rings. The average molecular weight is 397 g/mol. The highest BCUT2D eigenvalue weighted by molar-refractivity contribution is 8.00. The molecule has 132 valence electrons. The van der Waals surface area contributed by atoms with Crippen molar-refractivity contribution < 1.29 is 9.59 Å². The van der Waals surface area contributed by atoms with E-state index in [9.17, 15) is 9.59 Å². The van der Waals surface area contributed by atoms with Crippen LogP contribution in [0.25, 0.3) is 0 Å². The molecule has 7 heteroatoms. The van der Waals surface area contributed by atoms with Gasteiger partial charge >= 0.3 is 0 Å². The second-order valence-electron chi connectivity index (χ2n) is 5.20. The molecule has 0 unspecified atom stereocenters. The van der Waals surface area contributed by atoms with Gasteiger partial charge in [-0.15, -0.1) is 11.8 Å². The van der Waals surface area contributed by atoms with Crippen molar-refractivity contribution in [1.29, 1.82) is 0 Å². The minimum Gasteiger partial charge on any atom is -0.346 e. The SMILES string of the molecule is CCc1ccccc1NC(=O)CNC(=O)CSc1cc(Cl)ccc1Cl. The number of carbonyl (C=O) groups excluding carboxylic acids is 2. The van der Waals surface area contributed by atoms with E-state index in [-0.39, 0.29) is 24.1 Å². The molecule has 4 nitrogen and oxygen atoms in total. The molecule has 0 atom stereocenters. The lowest BCUT2D eigenvalue weighted by atomic mass is 10.1. The van der Waals surface area contributed by atoms with Crippen LogP contribution in [0, 0.1) is 0 Å². The number of para-hydroxylation sites is 1. The Labute approximate surface area is 161 Å². The van der Waals surface area contributed by atoms with Gasteiger partial charge in [0.2, 0.25) is 11.8 Å². The monoisotopic (exact) mass is 396 g/mol. The number of halogens is 2. The zero-order valence-corrected chi connectivity index (χ0v) is 16.0. The number of rotatable bonds is 7. The molecule has 0 bridgehead atoms. The Balaban J connectivity index is 1.79. The Morgan fingerprint density at radius 2 is 1.84 bits per heavy atom. The van der Waals surface area contributed by atoms with E-state index in [4.69, 9.17) is 23.2 Å². The summed E-state index contributed by atoms with van der Waals surface area (Å²) in [5.41, 5.74) is 1.82. The van der Waals surface area contributed by atoms with E-state index in [1.807, 2.05) is 31.2 Å². The lowest BCUT2D eigenvalue weighted by Gasteiger charge is -2.10. The molecule has 2 amide bonds. The number of nitrogens with one attached hydrogen (secondary N) is 2. The first-order valence-corrected chi connectivity index (χ1v) is 9.46. The zero-order valence-electron chi connectivity index (χ0n) is 13.6. The van der Waals surface area contributed by atoms with Gasteiger partial charge in [-0.1, -0.05) is 48.3 Å². The summed E-state index contributed by atoms with van der Waals surface area (Å²) >= 11 is 13.2. The van der Waals surface area contributed by atoms with E-state index < -0.39 is 0 Å². The standard InChI is InChI=1S/C18H18Cl2N2O2S/c1-2-12-5-3-4-6-15(12)22-17(23)10-21-18(24)11-25-16-9-13(19)7-8-14(16)20/h3-9H,2,10-11H2,1H3,(H,21,24)(H,22,23).